The number of likely N-dealkylation sites (N-methyl/N-ethyl adjacent to an activating group) is 1. The van der Waals surface area contributed by atoms with Crippen LogP contribution < -0.4 is 0 Å². The molecule has 1 aromatic heterocycles. The lowest BCUT2D eigenvalue weighted by Crippen LogP contribution is -2.31. The Morgan fingerprint density at radius 3 is 2.52 bits per heavy atom. The number of carbonyl (C=O) groups excluding carboxylic acids is 2. The van der Waals surface area contributed by atoms with E-state index in [1.807, 2.05) is 36.4 Å². The minimum absolute atomic E-state index is 0.238. The number of benzene rings is 1. The molecule has 0 saturated heterocycles. The van der Waals surface area contributed by atoms with E-state index in [2.05, 4.69) is 0 Å². The lowest BCUT2D eigenvalue weighted by molar-refractivity contribution is -0.138. The first kappa shape index (κ1) is 17.7. The van der Waals surface area contributed by atoms with Crippen molar-refractivity contribution in [3.63, 3.8) is 0 Å². The molecule has 1 aliphatic carbocycles. The highest BCUT2D eigenvalue weighted by Gasteiger charge is 2.28. The van der Waals surface area contributed by atoms with E-state index in [1.54, 1.807) is 14.1 Å². The Balaban J connectivity index is 1.82. The molecule has 0 N–H and O–H groups in total. The van der Waals surface area contributed by atoms with Gasteiger partial charge in [0, 0.05) is 24.5 Å². The van der Waals surface area contributed by atoms with Gasteiger partial charge in [-0.1, -0.05) is 36.8 Å². The predicted molar refractivity (Wildman–Crippen MR) is 98.9 cm³/mol. The van der Waals surface area contributed by atoms with E-state index in [1.165, 1.54) is 45.9 Å². The molecule has 1 amide bonds. The molecule has 1 heterocycles. The Hall–Kier alpha value is -2.14. The van der Waals surface area contributed by atoms with Crippen molar-refractivity contribution >= 4 is 23.2 Å². The van der Waals surface area contributed by atoms with Gasteiger partial charge in [0.15, 0.2) is 0 Å². The minimum atomic E-state index is -0.911. The average molecular weight is 357 g/mol. The van der Waals surface area contributed by atoms with Crippen LogP contribution in [0.3, 0.4) is 0 Å². The second-order valence-electron chi connectivity index (χ2n) is 6.55. The van der Waals surface area contributed by atoms with Crippen LogP contribution in [-0.2, 0) is 22.4 Å². The molecule has 1 unspecified atom stereocenters. The topological polar surface area (TPSA) is 46.6 Å². The van der Waals surface area contributed by atoms with Crippen LogP contribution >= 0.6 is 11.3 Å². The number of rotatable bonds is 4. The van der Waals surface area contributed by atoms with E-state index in [0.717, 1.165) is 12.8 Å². The number of aryl methyl sites for hydroxylation is 2. The minimum Gasteiger partial charge on any atom is -0.443 e. The molecule has 0 saturated carbocycles. The number of fused-ring (bicyclic) bond motifs is 1. The summed E-state index contributed by atoms with van der Waals surface area (Å²) in [6.07, 6.45) is 4.74. The van der Waals surface area contributed by atoms with Crippen LogP contribution in [0.1, 0.15) is 51.0 Å². The van der Waals surface area contributed by atoms with Gasteiger partial charge in [0.05, 0.1) is 0 Å². The fourth-order valence-corrected chi connectivity index (χ4v) is 4.19. The third kappa shape index (κ3) is 4.10. The summed E-state index contributed by atoms with van der Waals surface area (Å²) < 4.78 is 5.63. The Labute approximate surface area is 152 Å². The molecule has 2 aromatic rings. The normalized spacial score (nSPS) is 15.0. The van der Waals surface area contributed by atoms with Crippen molar-refractivity contribution < 1.29 is 14.3 Å². The largest absolute Gasteiger partial charge is 0.443 e. The number of esters is 1. The van der Waals surface area contributed by atoms with Crippen LogP contribution in [-0.4, -0.2) is 30.9 Å². The fraction of sp³-hybridized carbons (Fsp3) is 0.400. The molecule has 4 nitrogen and oxygen atoms in total. The Bertz CT molecular complexity index is 728. The molecule has 1 aliphatic rings. The van der Waals surface area contributed by atoms with Gasteiger partial charge >= 0.3 is 5.97 Å². The molecule has 5 heteroatoms. The van der Waals surface area contributed by atoms with Gasteiger partial charge in [0.25, 0.3) is 5.91 Å². The maximum Gasteiger partial charge on any atom is 0.349 e. The number of hydrogen-bond donors (Lipinski definition) is 0. The van der Waals surface area contributed by atoms with Crippen LogP contribution in [0, 0.1) is 0 Å². The summed E-state index contributed by atoms with van der Waals surface area (Å²) >= 11 is 1.51. The smallest absolute Gasteiger partial charge is 0.349 e. The molecule has 0 radical (unpaired) electrons. The van der Waals surface area contributed by atoms with Gasteiger partial charge in [-0.05, 0) is 37.3 Å². The summed E-state index contributed by atoms with van der Waals surface area (Å²) in [5, 5.41) is 0. The number of nitrogens with zero attached hydrogens (tertiary/aromatic N) is 1. The molecule has 0 spiro atoms. The van der Waals surface area contributed by atoms with Gasteiger partial charge in [0.2, 0.25) is 6.10 Å². The highest BCUT2D eigenvalue weighted by Crippen LogP contribution is 2.31. The zero-order valence-corrected chi connectivity index (χ0v) is 15.5. The molecule has 132 valence electrons. The second-order valence-corrected chi connectivity index (χ2v) is 7.69. The van der Waals surface area contributed by atoms with E-state index < -0.39 is 12.1 Å². The van der Waals surface area contributed by atoms with Gasteiger partial charge in [-0.2, -0.15) is 0 Å². The Morgan fingerprint density at radius 1 is 1.08 bits per heavy atom. The molecule has 0 fully saturated rings. The van der Waals surface area contributed by atoms with E-state index in [-0.39, 0.29) is 5.91 Å². The summed E-state index contributed by atoms with van der Waals surface area (Å²) in [7, 11) is 3.33. The first-order valence-corrected chi connectivity index (χ1v) is 9.46. The molecule has 0 aliphatic heterocycles. The summed E-state index contributed by atoms with van der Waals surface area (Å²) in [4.78, 5) is 28.5. The highest BCUT2D eigenvalue weighted by molar-refractivity contribution is 7.14. The molecular formula is C20H23NO3S. The summed E-state index contributed by atoms with van der Waals surface area (Å²) in [6.45, 7) is 0. The zero-order chi connectivity index (χ0) is 17.8. The van der Waals surface area contributed by atoms with Crippen molar-refractivity contribution in [1.29, 1.82) is 0 Å². The summed E-state index contributed by atoms with van der Waals surface area (Å²) in [5.74, 6) is -0.653. The van der Waals surface area contributed by atoms with Gasteiger partial charge in [-0.15, -0.1) is 11.3 Å². The summed E-state index contributed by atoms with van der Waals surface area (Å²) in [5.41, 5.74) is 1.96. The third-order valence-electron chi connectivity index (χ3n) is 4.44. The molecule has 25 heavy (non-hydrogen) atoms. The van der Waals surface area contributed by atoms with Gasteiger partial charge < -0.3 is 9.64 Å². The van der Waals surface area contributed by atoms with Crippen LogP contribution in [0.5, 0.6) is 0 Å². The van der Waals surface area contributed by atoms with Crippen LogP contribution in [0.25, 0.3) is 0 Å². The maximum atomic E-state index is 12.7. The lowest BCUT2D eigenvalue weighted by atomic mass is 10.1. The van der Waals surface area contributed by atoms with E-state index in [9.17, 15) is 9.59 Å². The number of carbonyl (C=O) groups is 2. The fourth-order valence-electron chi connectivity index (χ4n) is 3.06. The number of thiophene rings is 1. The molecule has 1 atom stereocenters. The molecule has 3 rings (SSSR count). The molecular weight excluding hydrogens is 334 g/mol. The van der Waals surface area contributed by atoms with E-state index in [4.69, 9.17) is 4.74 Å². The monoisotopic (exact) mass is 357 g/mol. The average Bonchev–Trinajstić information content (AvgIpc) is 2.90. The quantitative estimate of drug-likeness (QED) is 0.614. The van der Waals surface area contributed by atoms with Gasteiger partial charge in [0.1, 0.15) is 4.88 Å². The predicted octanol–water partition coefficient (Wildman–Crippen LogP) is 4.00. The first-order valence-electron chi connectivity index (χ1n) is 8.65. The third-order valence-corrected chi connectivity index (χ3v) is 5.66. The van der Waals surface area contributed by atoms with Crippen LogP contribution in [0.15, 0.2) is 36.4 Å². The maximum absolute atomic E-state index is 12.7. The van der Waals surface area contributed by atoms with E-state index >= 15 is 0 Å². The number of hydrogen-bond acceptors (Lipinski definition) is 4. The van der Waals surface area contributed by atoms with Gasteiger partial charge in [-0.25, -0.2) is 4.79 Å². The SMILES string of the molecule is CN(C)C(=O)C(OC(=O)c1cc2c(s1)CCCCC2)c1ccccc1. The Kier molecular flexibility index (Phi) is 5.53. The van der Waals surface area contributed by atoms with Crippen molar-refractivity contribution in [1.82, 2.24) is 4.90 Å². The van der Waals surface area contributed by atoms with Crippen LogP contribution in [0.4, 0.5) is 0 Å². The Morgan fingerprint density at radius 2 is 1.80 bits per heavy atom. The molecule has 0 bridgehead atoms. The van der Waals surface area contributed by atoms with E-state index in [0.29, 0.717) is 10.4 Å². The van der Waals surface area contributed by atoms with Crippen molar-refractivity contribution in [2.45, 2.75) is 38.2 Å². The highest BCUT2D eigenvalue weighted by atomic mass is 32.1. The van der Waals surface area contributed by atoms with Crippen molar-refractivity contribution in [3.8, 4) is 0 Å². The molecule has 1 aromatic carbocycles. The standard InChI is InChI=1S/C20H23NO3S/c1-21(2)19(22)18(14-9-5-3-6-10-14)24-20(23)17-13-15-11-7-4-8-12-16(15)25-17/h3,5-6,9-10,13,18H,4,7-8,11-12H2,1-2H3. The van der Waals surface area contributed by atoms with Crippen LogP contribution in [0.2, 0.25) is 0 Å². The van der Waals surface area contributed by atoms with Crippen molar-refractivity contribution in [2.24, 2.45) is 0 Å². The second kappa shape index (κ2) is 7.83. The summed E-state index contributed by atoms with van der Waals surface area (Å²) in [6, 6.07) is 11.1. The lowest BCUT2D eigenvalue weighted by Gasteiger charge is -2.20. The first-order chi connectivity index (χ1) is 12.1. The van der Waals surface area contributed by atoms with Crippen molar-refractivity contribution in [3.05, 3.63) is 57.3 Å². The van der Waals surface area contributed by atoms with Crippen molar-refractivity contribution in [2.75, 3.05) is 14.1 Å². The number of amides is 1. The number of ether oxygens (including phenoxy) is 1. The zero-order valence-electron chi connectivity index (χ0n) is 14.7. The van der Waals surface area contributed by atoms with Gasteiger partial charge in [-0.3, -0.25) is 4.79 Å².